The summed E-state index contributed by atoms with van der Waals surface area (Å²) in [6.45, 7) is 1.15. The Bertz CT molecular complexity index is 1460. The second kappa shape index (κ2) is 12.9. The van der Waals surface area contributed by atoms with Gasteiger partial charge in [0.15, 0.2) is 0 Å². The second-order valence-corrected chi connectivity index (χ2v) is 13.2. The van der Waals surface area contributed by atoms with E-state index in [1.807, 2.05) is 0 Å². The van der Waals surface area contributed by atoms with Gasteiger partial charge in [-0.2, -0.15) is 4.31 Å². The number of benzene rings is 3. The Morgan fingerprint density at radius 3 is 2.18 bits per heavy atom. The Labute approximate surface area is 236 Å². The van der Waals surface area contributed by atoms with Crippen LogP contribution < -0.4 is 14.4 Å². The van der Waals surface area contributed by atoms with Crippen molar-refractivity contribution in [2.75, 3.05) is 50.3 Å². The number of halogens is 1. The van der Waals surface area contributed by atoms with Gasteiger partial charge in [0, 0.05) is 17.6 Å². The zero-order valence-corrected chi connectivity index (χ0v) is 24.1. The number of amides is 1. The summed E-state index contributed by atoms with van der Waals surface area (Å²) >= 11 is 3.34. The maximum absolute atomic E-state index is 13.3. The standard InChI is InChI=1S/C26H28BrN3O7S2/c27-21-6-8-22(9-7-21)30(39(34,35)24-4-2-1-3-5-24)20-26(31)28-14-17-37-23-10-12-25(13-11-23)38(32,33)29-15-18-36-19-16-29/h1-13H,14-20H2,(H,28,31). The molecule has 1 aliphatic rings. The third-order valence-electron chi connectivity index (χ3n) is 5.86. The molecule has 0 aliphatic carbocycles. The van der Waals surface area contributed by atoms with E-state index in [1.54, 1.807) is 54.6 Å². The SMILES string of the molecule is O=C(CN(c1ccc(Br)cc1)S(=O)(=O)c1ccccc1)NCCOc1ccc(S(=O)(=O)N2CCOCC2)cc1. The minimum atomic E-state index is -3.99. The first-order chi connectivity index (χ1) is 18.7. The number of sulfonamides is 2. The zero-order chi connectivity index (χ0) is 27.9. The molecule has 39 heavy (non-hydrogen) atoms. The van der Waals surface area contributed by atoms with Crippen molar-refractivity contribution >= 4 is 47.6 Å². The van der Waals surface area contributed by atoms with Crippen LogP contribution in [0.5, 0.6) is 5.75 Å². The van der Waals surface area contributed by atoms with Crippen molar-refractivity contribution in [2.24, 2.45) is 0 Å². The molecule has 1 heterocycles. The average Bonchev–Trinajstić information content (AvgIpc) is 2.96. The lowest BCUT2D eigenvalue weighted by molar-refractivity contribution is -0.119. The molecule has 0 aromatic heterocycles. The summed E-state index contributed by atoms with van der Waals surface area (Å²) in [6, 6.07) is 20.6. The van der Waals surface area contributed by atoms with E-state index >= 15 is 0 Å². The summed E-state index contributed by atoms with van der Waals surface area (Å²) in [5.74, 6) is -0.0682. The maximum atomic E-state index is 13.3. The minimum Gasteiger partial charge on any atom is -0.492 e. The first kappa shape index (κ1) is 29.0. The molecule has 4 rings (SSSR count). The number of nitrogens with zero attached hydrogens (tertiary/aromatic N) is 2. The fourth-order valence-electron chi connectivity index (χ4n) is 3.83. The summed E-state index contributed by atoms with van der Waals surface area (Å²) in [4.78, 5) is 13.0. The third-order valence-corrected chi connectivity index (χ3v) is 10.1. The van der Waals surface area contributed by atoms with E-state index in [0.717, 1.165) is 8.78 Å². The number of hydrogen-bond acceptors (Lipinski definition) is 7. The molecule has 10 nitrogen and oxygen atoms in total. The number of morpholine rings is 1. The van der Waals surface area contributed by atoms with Gasteiger partial charge in [-0.05, 0) is 60.7 Å². The Hall–Kier alpha value is -2.97. The lowest BCUT2D eigenvalue weighted by atomic mass is 10.3. The van der Waals surface area contributed by atoms with Crippen molar-refractivity contribution in [1.82, 2.24) is 9.62 Å². The summed E-state index contributed by atoms with van der Waals surface area (Å²) in [6.07, 6.45) is 0. The summed E-state index contributed by atoms with van der Waals surface area (Å²) in [5, 5.41) is 2.67. The molecule has 0 radical (unpaired) electrons. The Morgan fingerprint density at radius 1 is 0.897 bits per heavy atom. The van der Waals surface area contributed by atoms with Gasteiger partial charge >= 0.3 is 0 Å². The molecule has 0 spiro atoms. The molecule has 0 atom stereocenters. The van der Waals surface area contributed by atoms with Crippen LogP contribution in [-0.2, 0) is 29.6 Å². The predicted octanol–water partition coefficient (Wildman–Crippen LogP) is 2.86. The second-order valence-electron chi connectivity index (χ2n) is 8.49. The molecular formula is C26H28BrN3O7S2. The molecule has 0 saturated carbocycles. The topological polar surface area (TPSA) is 122 Å². The van der Waals surface area contributed by atoms with Gasteiger partial charge in [0.1, 0.15) is 18.9 Å². The fourth-order valence-corrected chi connectivity index (χ4v) is 6.95. The van der Waals surface area contributed by atoms with Crippen LogP contribution >= 0.6 is 15.9 Å². The number of ether oxygens (including phenoxy) is 2. The fraction of sp³-hybridized carbons (Fsp3) is 0.269. The van der Waals surface area contributed by atoms with E-state index in [-0.39, 0.29) is 22.9 Å². The summed E-state index contributed by atoms with van der Waals surface area (Å²) in [5.41, 5.74) is 0.348. The van der Waals surface area contributed by atoms with Crippen molar-refractivity contribution in [3.05, 3.63) is 83.3 Å². The number of carbonyl (C=O) groups excluding carboxylic acids is 1. The van der Waals surface area contributed by atoms with Crippen molar-refractivity contribution < 1.29 is 31.1 Å². The van der Waals surface area contributed by atoms with E-state index < -0.39 is 32.5 Å². The average molecular weight is 639 g/mol. The first-order valence-electron chi connectivity index (χ1n) is 12.1. The summed E-state index contributed by atoms with van der Waals surface area (Å²) in [7, 11) is -7.59. The molecule has 3 aromatic carbocycles. The Balaban J connectivity index is 1.33. The lowest BCUT2D eigenvalue weighted by Gasteiger charge is -2.26. The molecule has 1 fully saturated rings. The lowest BCUT2D eigenvalue weighted by Crippen LogP contribution is -2.41. The number of nitrogens with one attached hydrogen (secondary N) is 1. The van der Waals surface area contributed by atoms with Crippen LogP contribution in [0.25, 0.3) is 0 Å². The van der Waals surface area contributed by atoms with Gasteiger partial charge in [0.05, 0.1) is 35.2 Å². The molecule has 1 N–H and O–H groups in total. The van der Waals surface area contributed by atoms with Gasteiger partial charge in [-0.15, -0.1) is 0 Å². The molecule has 1 saturated heterocycles. The first-order valence-corrected chi connectivity index (χ1v) is 15.8. The largest absolute Gasteiger partial charge is 0.492 e. The molecule has 208 valence electrons. The van der Waals surface area contributed by atoms with Crippen LogP contribution in [0.2, 0.25) is 0 Å². The highest BCUT2D eigenvalue weighted by molar-refractivity contribution is 9.10. The van der Waals surface area contributed by atoms with Crippen molar-refractivity contribution in [1.29, 1.82) is 0 Å². The van der Waals surface area contributed by atoms with Crippen LogP contribution in [-0.4, -0.2) is 73.0 Å². The van der Waals surface area contributed by atoms with Gasteiger partial charge in [-0.25, -0.2) is 16.8 Å². The molecule has 0 bridgehead atoms. The van der Waals surface area contributed by atoms with E-state index in [2.05, 4.69) is 21.2 Å². The summed E-state index contributed by atoms with van der Waals surface area (Å²) < 4.78 is 66.2. The van der Waals surface area contributed by atoms with Crippen LogP contribution in [0.4, 0.5) is 5.69 Å². The highest BCUT2D eigenvalue weighted by atomic mass is 79.9. The highest BCUT2D eigenvalue weighted by Crippen LogP contribution is 2.25. The van der Waals surface area contributed by atoms with Crippen molar-refractivity contribution in [2.45, 2.75) is 9.79 Å². The Morgan fingerprint density at radius 2 is 1.54 bits per heavy atom. The maximum Gasteiger partial charge on any atom is 0.264 e. The molecule has 0 unspecified atom stereocenters. The quantitative estimate of drug-likeness (QED) is 0.321. The number of rotatable bonds is 11. The van der Waals surface area contributed by atoms with Crippen LogP contribution in [0.1, 0.15) is 0 Å². The van der Waals surface area contributed by atoms with E-state index in [9.17, 15) is 21.6 Å². The van der Waals surface area contributed by atoms with Crippen LogP contribution in [0, 0.1) is 0 Å². The Kier molecular flexibility index (Phi) is 9.62. The molecule has 1 aliphatic heterocycles. The van der Waals surface area contributed by atoms with E-state index in [4.69, 9.17) is 9.47 Å². The van der Waals surface area contributed by atoms with Gasteiger partial charge < -0.3 is 14.8 Å². The van der Waals surface area contributed by atoms with Gasteiger partial charge in [0.2, 0.25) is 15.9 Å². The third kappa shape index (κ3) is 7.37. The predicted molar refractivity (Wildman–Crippen MR) is 150 cm³/mol. The number of anilines is 1. The molecule has 13 heteroatoms. The van der Waals surface area contributed by atoms with Crippen molar-refractivity contribution in [3.63, 3.8) is 0 Å². The normalized spacial score (nSPS) is 14.5. The number of carbonyl (C=O) groups is 1. The minimum absolute atomic E-state index is 0.0723. The van der Waals surface area contributed by atoms with E-state index in [0.29, 0.717) is 37.7 Å². The van der Waals surface area contributed by atoms with Crippen LogP contribution in [0.15, 0.2) is 93.1 Å². The molecule has 1 amide bonds. The monoisotopic (exact) mass is 637 g/mol. The molecular weight excluding hydrogens is 610 g/mol. The smallest absolute Gasteiger partial charge is 0.264 e. The van der Waals surface area contributed by atoms with Crippen molar-refractivity contribution in [3.8, 4) is 5.75 Å². The van der Waals surface area contributed by atoms with Gasteiger partial charge in [-0.3, -0.25) is 9.10 Å². The van der Waals surface area contributed by atoms with Crippen LogP contribution in [0.3, 0.4) is 0 Å². The van der Waals surface area contributed by atoms with Gasteiger partial charge in [0.25, 0.3) is 10.0 Å². The highest BCUT2D eigenvalue weighted by Gasteiger charge is 2.28. The zero-order valence-electron chi connectivity index (χ0n) is 20.9. The number of hydrogen-bond donors (Lipinski definition) is 1. The van der Waals surface area contributed by atoms with E-state index in [1.165, 1.54) is 28.6 Å². The molecule has 3 aromatic rings. The van der Waals surface area contributed by atoms with Gasteiger partial charge in [-0.1, -0.05) is 34.1 Å².